The highest BCUT2D eigenvalue weighted by Gasteiger charge is 2.47. The number of nitrogens with zero attached hydrogens (tertiary/aromatic N) is 7. The average Bonchev–Trinajstić information content (AvgIpc) is 3.39. The topological polar surface area (TPSA) is 131 Å². The van der Waals surface area contributed by atoms with E-state index in [2.05, 4.69) is 38.2 Å². The smallest absolute Gasteiger partial charge is 0.261 e. The lowest BCUT2D eigenvalue weighted by atomic mass is 9.77. The Bertz CT molecular complexity index is 1240. The standard InChI is InChI=1S/C22H22N8O2.C2H6/c1-22(15-2-3-15,16-4-5-18(24-9-16)13-6-25-21(23)26-7-13)20-28-19(32-29-20)14-8-27-30(10-14)17-11-31-12-17;1-2/h4-10,15,17H,2-3,11-12H2,1H3,(H2,23,25,26);1-2H3. The number of aromatic nitrogens is 7. The van der Waals surface area contributed by atoms with Crippen molar-refractivity contribution in [2.45, 2.75) is 45.1 Å². The molecule has 0 bridgehead atoms. The molecule has 4 aromatic rings. The van der Waals surface area contributed by atoms with E-state index in [4.69, 9.17) is 20.0 Å². The summed E-state index contributed by atoms with van der Waals surface area (Å²) in [6, 6.07) is 4.32. The van der Waals surface area contributed by atoms with Gasteiger partial charge >= 0.3 is 0 Å². The van der Waals surface area contributed by atoms with Crippen molar-refractivity contribution in [1.29, 1.82) is 0 Å². The Morgan fingerprint density at radius 3 is 2.38 bits per heavy atom. The summed E-state index contributed by atoms with van der Waals surface area (Å²) in [4.78, 5) is 17.5. The van der Waals surface area contributed by atoms with E-state index in [1.54, 1.807) is 18.6 Å². The summed E-state index contributed by atoms with van der Waals surface area (Å²) < 4.78 is 12.8. The van der Waals surface area contributed by atoms with Gasteiger partial charge in [0, 0.05) is 30.4 Å². The van der Waals surface area contributed by atoms with Crippen LogP contribution < -0.4 is 5.73 Å². The van der Waals surface area contributed by atoms with Crippen LogP contribution in [0.5, 0.6) is 0 Å². The van der Waals surface area contributed by atoms with Gasteiger partial charge in [-0.1, -0.05) is 25.1 Å². The lowest BCUT2D eigenvalue weighted by molar-refractivity contribution is -0.0286. The van der Waals surface area contributed by atoms with Crippen LogP contribution in [0.1, 0.15) is 51.0 Å². The maximum Gasteiger partial charge on any atom is 0.261 e. The Kier molecular flexibility index (Phi) is 5.82. The molecule has 1 atom stereocenters. The lowest BCUT2D eigenvalue weighted by Crippen LogP contribution is -2.30. The molecular formula is C24H28N8O2. The van der Waals surface area contributed by atoms with Gasteiger partial charge in [0.25, 0.3) is 5.89 Å². The molecule has 176 valence electrons. The van der Waals surface area contributed by atoms with E-state index in [9.17, 15) is 0 Å². The number of hydrogen-bond acceptors (Lipinski definition) is 9. The van der Waals surface area contributed by atoms with Crippen molar-refractivity contribution in [3.63, 3.8) is 0 Å². The zero-order valence-electron chi connectivity index (χ0n) is 19.5. The van der Waals surface area contributed by atoms with Crippen LogP contribution in [0, 0.1) is 5.92 Å². The molecule has 1 saturated carbocycles. The number of nitrogen functional groups attached to an aromatic ring is 1. The summed E-state index contributed by atoms with van der Waals surface area (Å²) in [5.41, 5.74) is 8.66. The van der Waals surface area contributed by atoms with E-state index < -0.39 is 0 Å². The molecule has 10 nitrogen and oxygen atoms in total. The molecule has 34 heavy (non-hydrogen) atoms. The van der Waals surface area contributed by atoms with Gasteiger partial charge in [0.1, 0.15) is 0 Å². The van der Waals surface area contributed by atoms with Gasteiger partial charge in [0.05, 0.1) is 42.1 Å². The molecule has 0 amide bonds. The fourth-order valence-electron chi connectivity index (χ4n) is 4.13. The second kappa shape index (κ2) is 8.94. The van der Waals surface area contributed by atoms with Crippen molar-refractivity contribution in [3.8, 4) is 22.7 Å². The van der Waals surface area contributed by atoms with Crippen LogP contribution in [0.15, 0.2) is 47.6 Å². The third-order valence-electron chi connectivity index (χ3n) is 6.46. The second-order valence-corrected chi connectivity index (χ2v) is 8.56. The molecule has 6 rings (SSSR count). The fourth-order valence-corrected chi connectivity index (χ4v) is 4.13. The normalized spacial score (nSPS) is 17.4. The highest BCUT2D eigenvalue weighted by atomic mass is 16.5. The average molecular weight is 461 g/mol. The summed E-state index contributed by atoms with van der Waals surface area (Å²) in [7, 11) is 0. The predicted molar refractivity (Wildman–Crippen MR) is 126 cm³/mol. The first kappa shape index (κ1) is 22.1. The van der Waals surface area contributed by atoms with Crippen molar-refractivity contribution in [1.82, 2.24) is 34.9 Å². The highest BCUT2D eigenvalue weighted by molar-refractivity contribution is 5.58. The summed E-state index contributed by atoms with van der Waals surface area (Å²) in [5.74, 6) is 1.82. The zero-order valence-corrected chi connectivity index (χ0v) is 19.5. The van der Waals surface area contributed by atoms with Crippen molar-refractivity contribution >= 4 is 5.95 Å². The molecule has 0 aromatic carbocycles. The Morgan fingerprint density at radius 2 is 1.76 bits per heavy atom. The van der Waals surface area contributed by atoms with E-state index in [1.807, 2.05) is 37.0 Å². The maximum absolute atomic E-state index is 5.65. The number of hydrogen-bond donors (Lipinski definition) is 1. The predicted octanol–water partition coefficient (Wildman–Crippen LogP) is 3.68. The Morgan fingerprint density at radius 1 is 1.00 bits per heavy atom. The van der Waals surface area contributed by atoms with Crippen molar-refractivity contribution in [2.24, 2.45) is 5.92 Å². The monoisotopic (exact) mass is 460 g/mol. The van der Waals surface area contributed by atoms with Crippen molar-refractivity contribution < 1.29 is 9.26 Å². The van der Waals surface area contributed by atoms with Crippen LogP contribution in [0.4, 0.5) is 5.95 Å². The van der Waals surface area contributed by atoms with Crippen LogP contribution in [0.2, 0.25) is 0 Å². The van der Waals surface area contributed by atoms with Crippen LogP contribution in [-0.2, 0) is 10.2 Å². The Labute approximate surface area is 197 Å². The number of rotatable bonds is 6. The highest BCUT2D eigenvalue weighted by Crippen LogP contribution is 2.50. The molecule has 10 heteroatoms. The van der Waals surface area contributed by atoms with Gasteiger partial charge < -0.3 is 15.0 Å². The summed E-state index contributed by atoms with van der Waals surface area (Å²) >= 11 is 0. The van der Waals surface area contributed by atoms with Gasteiger partial charge in [-0.05, 0) is 37.3 Å². The van der Waals surface area contributed by atoms with E-state index in [-0.39, 0.29) is 17.4 Å². The van der Waals surface area contributed by atoms with Crippen LogP contribution >= 0.6 is 0 Å². The maximum atomic E-state index is 5.65. The summed E-state index contributed by atoms with van der Waals surface area (Å²) in [6.45, 7) is 7.53. The molecule has 2 N–H and O–H groups in total. The van der Waals surface area contributed by atoms with Crippen LogP contribution in [0.25, 0.3) is 22.7 Å². The van der Waals surface area contributed by atoms with Gasteiger partial charge in [-0.2, -0.15) is 10.1 Å². The Balaban J connectivity index is 0.00000117. The van der Waals surface area contributed by atoms with Gasteiger partial charge in [-0.15, -0.1) is 0 Å². The van der Waals surface area contributed by atoms with E-state index in [0.717, 1.165) is 35.2 Å². The summed E-state index contributed by atoms with van der Waals surface area (Å²) in [5, 5.41) is 8.79. The molecule has 1 saturated heterocycles. The minimum atomic E-state index is -0.386. The van der Waals surface area contributed by atoms with Gasteiger partial charge in [0.15, 0.2) is 5.82 Å². The molecular weight excluding hydrogens is 432 g/mol. The van der Waals surface area contributed by atoms with Gasteiger partial charge in [0.2, 0.25) is 5.95 Å². The number of anilines is 1. The van der Waals surface area contributed by atoms with Crippen molar-refractivity contribution in [3.05, 3.63) is 54.5 Å². The van der Waals surface area contributed by atoms with Gasteiger partial charge in [-0.3, -0.25) is 9.67 Å². The molecule has 2 fully saturated rings. The van der Waals surface area contributed by atoms with Crippen molar-refractivity contribution in [2.75, 3.05) is 18.9 Å². The first-order valence-electron chi connectivity index (χ1n) is 11.6. The second-order valence-electron chi connectivity index (χ2n) is 8.56. The number of ether oxygens (including phenoxy) is 1. The molecule has 0 radical (unpaired) electrons. The summed E-state index contributed by atoms with van der Waals surface area (Å²) in [6.07, 6.45) is 11.2. The van der Waals surface area contributed by atoms with E-state index in [1.165, 1.54) is 0 Å². The first-order chi connectivity index (χ1) is 16.6. The molecule has 4 aromatic heterocycles. The molecule has 5 heterocycles. The molecule has 1 aliphatic carbocycles. The first-order valence-corrected chi connectivity index (χ1v) is 11.6. The van der Waals surface area contributed by atoms with E-state index in [0.29, 0.717) is 30.8 Å². The van der Waals surface area contributed by atoms with E-state index >= 15 is 0 Å². The molecule has 2 aliphatic rings. The largest absolute Gasteiger partial charge is 0.377 e. The zero-order chi connectivity index (χ0) is 23.7. The fraction of sp³-hybridized carbons (Fsp3) is 0.417. The van der Waals surface area contributed by atoms with Crippen LogP contribution in [0.3, 0.4) is 0 Å². The SMILES string of the molecule is CC.CC(c1ccc(-c2cnc(N)nc2)nc1)(c1noc(-c2cnn(C3COC3)c2)n1)C1CC1. The third-order valence-corrected chi connectivity index (χ3v) is 6.46. The number of pyridine rings is 1. The minimum Gasteiger partial charge on any atom is -0.377 e. The minimum absolute atomic E-state index is 0.242. The Hall–Kier alpha value is -3.66. The number of nitrogens with two attached hydrogens (primary N) is 1. The molecule has 1 aliphatic heterocycles. The molecule has 1 unspecified atom stereocenters. The third kappa shape index (κ3) is 3.94. The van der Waals surface area contributed by atoms with Gasteiger partial charge in [-0.25, -0.2) is 9.97 Å². The van der Waals surface area contributed by atoms with Crippen LogP contribution in [-0.4, -0.2) is 48.1 Å². The molecule has 0 spiro atoms. The lowest BCUT2D eigenvalue weighted by Gasteiger charge is -2.26. The quantitative estimate of drug-likeness (QED) is 0.458.